The number of hydroxylamine groups is 3. The van der Waals surface area contributed by atoms with Gasteiger partial charge in [0.2, 0.25) is 0 Å². The maximum Gasteiger partial charge on any atom is 0.311 e. The Bertz CT molecular complexity index is 1190. The van der Waals surface area contributed by atoms with E-state index in [-0.39, 0.29) is 25.2 Å². The molecule has 0 aromatic carbocycles. The summed E-state index contributed by atoms with van der Waals surface area (Å²) >= 11 is 0. The lowest BCUT2D eigenvalue weighted by molar-refractivity contribution is -0.874. The number of nitrogens with zero attached hydrogens (tertiary/aromatic N) is 2. The van der Waals surface area contributed by atoms with Crippen LogP contribution in [0, 0.1) is 23.0 Å². The number of ether oxygens (including phenoxy) is 6. The number of carbonyl (C=O) groups excluding carboxylic acids is 1. The molecule has 15 nitrogen and oxygen atoms in total. The Morgan fingerprint density at radius 2 is 1.57 bits per heavy atom. The van der Waals surface area contributed by atoms with Crippen LogP contribution in [-0.4, -0.2) is 166 Å². The maximum atomic E-state index is 14.2. The summed E-state index contributed by atoms with van der Waals surface area (Å²) in [4.78, 5) is 16.1. The van der Waals surface area contributed by atoms with Crippen LogP contribution in [0.25, 0.3) is 0 Å². The summed E-state index contributed by atoms with van der Waals surface area (Å²) in [6.45, 7) is 17.6. The summed E-state index contributed by atoms with van der Waals surface area (Å²) in [6.07, 6.45) is -9.60. The van der Waals surface area contributed by atoms with E-state index in [1.54, 1.807) is 55.4 Å². The van der Waals surface area contributed by atoms with Crippen molar-refractivity contribution < 1.29 is 63.4 Å². The topological polar surface area (TPSA) is 200 Å². The van der Waals surface area contributed by atoms with Gasteiger partial charge < -0.3 is 68.7 Å². The first-order valence-electron chi connectivity index (χ1n) is 19.3. The SMILES string of the molecule is CC[C@@H]1OC(=O)[C@H](C)[C@H](O[C@@H]2C[C@](C)(OC)[C@H](O)[C@H](C)O2)[C@@H](C)[C@H](O[C@@H]2O[C@H](C)C[C@H]([N+](C)(C)[O-])[C@H]2O)[C@](C)(O)C[C@H](C)CN(C)[C@H](C)[C@@H](O)[C@]1(C)O. The van der Waals surface area contributed by atoms with Crippen LogP contribution in [0.1, 0.15) is 94.9 Å². The van der Waals surface area contributed by atoms with Crippen molar-refractivity contribution >= 4 is 5.97 Å². The minimum atomic E-state index is -1.83. The second-order valence-electron chi connectivity index (χ2n) is 17.6. The largest absolute Gasteiger partial charge is 0.633 e. The van der Waals surface area contributed by atoms with Crippen LogP contribution >= 0.6 is 0 Å². The van der Waals surface area contributed by atoms with Gasteiger partial charge in [-0.3, -0.25) is 4.79 Å². The van der Waals surface area contributed by atoms with Crippen LogP contribution in [-0.2, 0) is 33.2 Å². The van der Waals surface area contributed by atoms with E-state index in [1.807, 2.05) is 18.9 Å². The molecule has 5 N–H and O–H groups in total. The number of esters is 1. The molecule has 3 saturated heterocycles. The number of methoxy groups -OCH3 is 1. The zero-order chi connectivity index (χ0) is 40.6. The standard InChI is InChI=1S/C38H72N2O13/c1-15-27-38(10,46)31(42)24(6)39(11)19-20(2)17-36(8,45)33(53-35-29(41)26(40(12,13)47)16-21(3)49-35)22(4)30(23(5)34(44)51-27)52-28-18-37(9,48-14)32(43)25(7)50-28/h20-33,35,41-43,45-46H,15-19H2,1-14H3/t20-,21+,22+,23+,24+,25-,26-,27-,28+,29+,30+,31+,32+,33-,35-,36+,37-,38+/m0/s1. The number of aliphatic hydroxyl groups excluding tert-OH is 3. The quantitative estimate of drug-likeness (QED) is 0.143. The summed E-state index contributed by atoms with van der Waals surface area (Å²) in [5, 5.41) is 71.3. The molecule has 15 heteroatoms. The average Bonchev–Trinajstić information content (AvgIpc) is 3.05. The molecule has 0 radical (unpaired) electrons. The van der Waals surface area contributed by atoms with E-state index >= 15 is 0 Å². The molecular weight excluding hydrogens is 692 g/mol. The van der Waals surface area contributed by atoms with Crippen molar-refractivity contribution in [3.05, 3.63) is 5.21 Å². The van der Waals surface area contributed by atoms with E-state index in [9.17, 15) is 35.5 Å². The number of hydrogen-bond donors (Lipinski definition) is 5. The van der Waals surface area contributed by atoms with Gasteiger partial charge in [-0.25, -0.2) is 0 Å². The van der Waals surface area contributed by atoms with E-state index < -0.39 is 113 Å². The smallest absolute Gasteiger partial charge is 0.311 e. The van der Waals surface area contributed by atoms with Crippen LogP contribution in [0.4, 0.5) is 0 Å². The van der Waals surface area contributed by atoms with E-state index in [0.29, 0.717) is 13.0 Å². The third-order valence-electron chi connectivity index (χ3n) is 12.3. The molecule has 0 amide bonds. The van der Waals surface area contributed by atoms with Crippen molar-refractivity contribution in [2.75, 3.05) is 34.8 Å². The second-order valence-corrected chi connectivity index (χ2v) is 17.6. The van der Waals surface area contributed by atoms with Crippen molar-refractivity contribution in [2.24, 2.45) is 17.8 Å². The molecule has 3 aliphatic heterocycles. The summed E-state index contributed by atoms with van der Waals surface area (Å²) in [5.41, 5.74) is -4.51. The predicted octanol–water partition coefficient (Wildman–Crippen LogP) is 1.91. The van der Waals surface area contributed by atoms with Crippen LogP contribution in [0.5, 0.6) is 0 Å². The van der Waals surface area contributed by atoms with Crippen LogP contribution < -0.4 is 0 Å². The lowest BCUT2D eigenvalue weighted by Gasteiger charge is -2.51. The molecule has 0 aromatic heterocycles. The highest BCUT2D eigenvalue weighted by atomic mass is 16.7. The Morgan fingerprint density at radius 3 is 2.11 bits per heavy atom. The zero-order valence-corrected chi connectivity index (χ0v) is 34.6. The summed E-state index contributed by atoms with van der Waals surface area (Å²) in [6, 6.07) is -1.34. The lowest BCUT2D eigenvalue weighted by atomic mass is 9.77. The fourth-order valence-corrected chi connectivity index (χ4v) is 8.84. The molecule has 3 rings (SSSR count). The minimum Gasteiger partial charge on any atom is -0.633 e. The summed E-state index contributed by atoms with van der Waals surface area (Å²) in [5.74, 6) is -2.80. The fourth-order valence-electron chi connectivity index (χ4n) is 8.84. The highest BCUT2D eigenvalue weighted by molar-refractivity contribution is 5.73. The average molecular weight is 765 g/mol. The van der Waals surface area contributed by atoms with Gasteiger partial charge in [0.25, 0.3) is 0 Å². The maximum absolute atomic E-state index is 14.2. The number of carbonyl (C=O) groups is 1. The van der Waals surface area contributed by atoms with Gasteiger partial charge in [0.15, 0.2) is 18.7 Å². The van der Waals surface area contributed by atoms with Gasteiger partial charge in [0.05, 0.1) is 55.6 Å². The zero-order valence-electron chi connectivity index (χ0n) is 34.6. The first kappa shape index (κ1) is 46.3. The van der Waals surface area contributed by atoms with Gasteiger partial charge in [-0.2, -0.15) is 0 Å². The fraction of sp³-hybridized carbons (Fsp3) is 0.974. The molecule has 3 heterocycles. The number of hydrogen-bond acceptors (Lipinski definition) is 14. The Hall–Kier alpha value is -1.05. The number of cyclic esters (lactones) is 1. The van der Waals surface area contributed by atoms with E-state index in [0.717, 1.165) is 0 Å². The predicted molar refractivity (Wildman–Crippen MR) is 196 cm³/mol. The van der Waals surface area contributed by atoms with Crippen LogP contribution in [0.3, 0.4) is 0 Å². The van der Waals surface area contributed by atoms with Crippen molar-refractivity contribution in [1.82, 2.24) is 4.90 Å². The molecule has 0 unspecified atom stereocenters. The third-order valence-corrected chi connectivity index (χ3v) is 12.3. The van der Waals surface area contributed by atoms with Gasteiger partial charge >= 0.3 is 5.97 Å². The van der Waals surface area contributed by atoms with E-state index in [2.05, 4.69) is 0 Å². The third kappa shape index (κ3) is 10.5. The summed E-state index contributed by atoms with van der Waals surface area (Å²) in [7, 11) is 6.21. The molecule has 0 aliphatic carbocycles. The van der Waals surface area contributed by atoms with Gasteiger partial charge in [0, 0.05) is 38.5 Å². The molecule has 3 aliphatic rings. The Kier molecular flexibility index (Phi) is 15.4. The second kappa shape index (κ2) is 17.6. The van der Waals surface area contributed by atoms with E-state index in [1.165, 1.54) is 28.1 Å². The lowest BCUT2D eigenvalue weighted by Crippen LogP contribution is -2.62. The van der Waals surface area contributed by atoms with Gasteiger partial charge in [-0.05, 0) is 74.3 Å². The van der Waals surface area contributed by atoms with Crippen molar-refractivity contribution in [1.29, 1.82) is 0 Å². The van der Waals surface area contributed by atoms with Crippen molar-refractivity contribution in [3.8, 4) is 0 Å². The first-order chi connectivity index (χ1) is 24.2. The van der Waals surface area contributed by atoms with Crippen LogP contribution in [0.2, 0.25) is 0 Å². The molecule has 0 aromatic rings. The Labute approximate surface area is 317 Å². The Morgan fingerprint density at radius 1 is 0.962 bits per heavy atom. The van der Waals surface area contributed by atoms with Gasteiger partial charge in [-0.1, -0.05) is 20.8 Å². The molecule has 53 heavy (non-hydrogen) atoms. The molecule has 0 saturated carbocycles. The van der Waals surface area contributed by atoms with Crippen molar-refractivity contribution in [2.45, 2.75) is 185 Å². The first-order valence-corrected chi connectivity index (χ1v) is 19.3. The minimum absolute atomic E-state index is 0.0990. The highest BCUT2D eigenvalue weighted by Gasteiger charge is 2.53. The number of rotatable bonds is 7. The molecule has 0 bridgehead atoms. The molecule has 0 spiro atoms. The number of quaternary nitrogens is 1. The molecule has 18 atom stereocenters. The summed E-state index contributed by atoms with van der Waals surface area (Å²) < 4.78 is 36.5. The van der Waals surface area contributed by atoms with E-state index in [4.69, 9.17) is 28.4 Å². The normalized spacial score (nSPS) is 49.1. The number of likely N-dealkylation sites (N-methyl/N-ethyl adjacent to an activating group) is 2. The highest BCUT2D eigenvalue weighted by Crippen LogP contribution is 2.40. The van der Waals surface area contributed by atoms with Gasteiger partial charge in [-0.15, -0.1) is 0 Å². The Balaban J connectivity index is 2.19. The molecular formula is C38H72N2O13. The van der Waals surface area contributed by atoms with Crippen LogP contribution in [0.15, 0.2) is 0 Å². The molecule has 3 fully saturated rings. The monoisotopic (exact) mass is 765 g/mol. The van der Waals surface area contributed by atoms with Gasteiger partial charge in [0.1, 0.15) is 30.0 Å². The van der Waals surface area contributed by atoms with Crippen molar-refractivity contribution in [3.63, 3.8) is 0 Å². The number of aliphatic hydroxyl groups is 5. The molecule has 312 valence electrons.